The van der Waals surface area contributed by atoms with Crippen LogP contribution in [-0.4, -0.2) is 0 Å². The molecule has 10 heavy (non-hydrogen) atoms. The van der Waals surface area contributed by atoms with Gasteiger partial charge in [-0.15, -0.1) is 0 Å². The summed E-state index contributed by atoms with van der Waals surface area (Å²) in [5.74, 6) is 0. The van der Waals surface area contributed by atoms with E-state index in [4.69, 9.17) is 0 Å². The largest absolute Gasteiger partial charge is 0.246 e. The summed E-state index contributed by atoms with van der Waals surface area (Å²) in [6.45, 7) is 1.73. The molecule has 54 valence electrons. The summed E-state index contributed by atoms with van der Waals surface area (Å²) in [6.07, 6.45) is 1.02. The third kappa shape index (κ3) is 1.56. The minimum absolute atomic E-state index is 0.357. The number of benzene rings is 1. The van der Waals surface area contributed by atoms with Crippen molar-refractivity contribution < 1.29 is 4.39 Å². The van der Waals surface area contributed by atoms with Crippen LogP contribution in [0.25, 0.3) is 0 Å². The Labute approximate surface area is 60.7 Å². The Hall–Kier alpha value is -0.850. The molecular weight excluding hydrogens is 127 g/mol. The summed E-state index contributed by atoms with van der Waals surface area (Å²) in [4.78, 5) is 0. The molecule has 0 atom stereocenters. The molecule has 0 aliphatic heterocycles. The van der Waals surface area contributed by atoms with Gasteiger partial charge in [0.2, 0.25) is 0 Å². The van der Waals surface area contributed by atoms with Gasteiger partial charge in [0.25, 0.3) is 0 Å². The summed E-state index contributed by atoms with van der Waals surface area (Å²) in [5, 5.41) is 0. The van der Waals surface area contributed by atoms with Gasteiger partial charge in [-0.3, -0.25) is 0 Å². The molecule has 0 heterocycles. The molecule has 1 rings (SSSR count). The molecule has 0 N–H and O–H groups in total. The maximum atomic E-state index is 12.0. The minimum Gasteiger partial charge on any atom is -0.246 e. The number of hydrogen-bond acceptors (Lipinski definition) is 0. The average molecular weight is 138 g/mol. The number of aryl methyl sites for hydroxylation is 1. The topological polar surface area (TPSA) is 0 Å². The molecule has 1 heteroatoms. The first-order valence-electron chi connectivity index (χ1n) is 3.50. The van der Waals surface area contributed by atoms with Gasteiger partial charge in [-0.1, -0.05) is 31.2 Å². The molecule has 0 aliphatic carbocycles. The Morgan fingerprint density at radius 2 is 1.60 bits per heavy atom. The predicted molar refractivity (Wildman–Crippen MR) is 40.6 cm³/mol. The minimum atomic E-state index is -0.357. The molecule has 0 aliphatic rings. The lowest BCUT2D eigenvalue weighted by molar-refractivity contribution is 0.485. The van der Waals surface area contributed by atoms with Crippen LogP contribution in [0.15, 0.2) is 24.3 Å². The van der Waals surface area contributed by atoms with Crippen molar-refractivity contribution in [1.29, 1.82) is 0 Å². The lowest BCUT2D eigenvalue weighted by Crippen LogP contribution is -1.81. The number of halogens is 1. The highest BCUT2D eigenvalue weighted by atomic mass is 19.1. The third-order valence-electron chi connectivity index (χ3n) is 1.59. The fourth-order valence-electron chi connectivity index (χ4n) is 0.864. The van der Waals surface area contributed by atoms with E-state index in [1.165, 1.54) is 5.56 Å². The van der Waals surface area contributed by atoms with Gasteiger partial charge >= 0.3 is 0 Å². The van der Waals surface area contributed by atoms with Crippen LogP contribution in [0, 0.1) is 0 Å². The zero-order valence-electron chi connectivity index (χ0n) is 6.10. The summed E-state index contributed by atoms with van der Waals surface area (Å²) < 4.78 is 12.0. The van der Waals surface area contributed by atoms with Gasteiger partial charge < -0.3 is 0 Å². The van der Waals surface area contributed by atoms with Crippen LogP contribution in [0.2, 0.25) is 0 Å². The lowest BCUT2D eigenvalue weighted by atomic mass is 10.1. The highest BCUT2D eigenvalue weighted by Crippen LogP contribution is 2.05. The van der Waals surface area contributed by atoms with Crippen molar-refractivity contribution in [1.82, 2.24) is 0 Å². The zero-order chi connectivity index (χ0) is 7.40. The molecule has 0 saturated heterocycles. The molecule has 0 nitrogen and oxygen atoms in total. The monoisotopic (exact) mass is 138 g/mol. The molecule has 0 fully saturated rings. The number of hydrogen-bond donors (Lipinski definition) is 0. The van der Waals surface area contributed by atoms with Gasteiger partial charge in [0, 0.05) is 0 Å². The van der Waals surface area contributed by atoms with Gasteiger partial charge in [0.15, 0.2) is 0 Å². The summed E-state index contributed by atoms with van der Waals surface area (Å²) in [6, 6.07) is 7.60. The fourth-order valence-corrected chi connectivity index (χ4v) is 0.864. The second kappa shape index (κ2) is 3.35. The van der Waals surface area contributed by atoms with E-state index in [-0.39, 0.29) is 6.67 Å². The molecule has 0 saturated carbocycles. The Morgan fingerprint density at radius 1 is 1.10 bits per heavy atom. The lowest BCUT2D eigenvalue weighted by Gasteiger charge is -1.96. The van der Waals surface area contributed by atoms with E-state index in [1.807, 2.05) is 24.3 Å². The summed E-state index contributed by atoms with van der Waals surface area (Å²) >= 11 is 0. The highest BCUT2D eigenvalue weighted by Gasteiger charge is 1.89. The van der Waals surface area contributed by atoms with Crippen molar-refractivity contribution in [2.75, 3.05) is 0 Å². The van der Waals surface area contributed by atoms with Crippen LogP contribution in [0.4, 0.5) is 4.39 Å². The van der Waals surface area contributed by atoms with Crippen molar-refractivity contribution in [2.45, 2.75) is 20.0 Å². The van der Waals surface area contributed by atoms with Gasteiger partial charge in [-0.05, 0) is 17.5 Å². The Morgan fingerprint density at radius 3 is 2.00 bits per heavy atom. The fraction of sp³-hybridized carbons (Fsp3) is 0.333. The first kappa shape index (κ1) is 7.26. The van der Waals surface area contributed by atoms with Gasteiger partial charge in [0.05, 0.1) is 0 Å². The average Bonchev–Trinajstić information content (AvgIpc) is 2.05. The molecular formula is C9H11F. The second-order valence-electron chi connectivity index (χ2n) is 2.30. The van der Waals surface area contributed by atoms with E-state index in [9.17, 15) is 4.39 Å². The van der Waals surface area contributed by atoms with Gasteiger partial charge in [0.1, 0.15) is 6.67 Å². The number of alkyl halides is 1. The standard InChI is InChI=1S/C9H11F/c1-2-8-3-5-9(7-10)6-4-8/h3-6H,2,7H2,1H3. The van der Waals surface area contributed by atoms with E-state index in [0.29, 0.717) is 0 Å². The third-order valence-corrected chi connectivity index (χ3v) is 1.59. The van der Waals surface area contributed by atoms with E-state index < -0.39 is 0 Å². The van der Waals surface area contributed by atoms with Crippen molar-refractivity contribution >= 4 is 0 Å². The van der Waals surface area contributed by atoms with Crippen LogP contribution in [0.1, 0.15) is 18.1 Å². The SMILES string of the molecule is CCc1ccc(CF)cc1. The maximum absolute atomic E-state index is 12.0. The second-order valence-corrected chi connectivity index (χ2v) is 2.30. The van der Waals surface area contributed by atoms with Crippen molar-refractivity contribution in [3.8, 4) is 0 Å². The predicted octanol–water partition coefficient (Wildman–Crippen LogP) is 2.72. The van der Waals surface area contributed by atoms with E-state index in [0.717, 1.165) is 12.0 Å². The molecule has 1 aromatic carbocycles. The van der Waals surface area contributed by atoms with Gasteiger partial charge in [-0.25, -0.2) is 4.39 Å². The Balaban J connectivity index is 2.80. The number of rotatable bonds is 2. The molecule has 0 amide bonds. The van der Waals surface area contributed by atoms with Crippen LogP contribution < -0.4 is 0 Å². The van der Waals surface area contributed by atoms with Crippen molar-refractivity contribution in [3.63, 3.8) is 0 Å². The molecule has 0 unspecified atom stereocenters. The molecule has 0 bridgehead atoms. The molecule has 0 spiro atoms. The first-order chi connectivity index (χ1) is 4.86. The highest BCUT2D eigenvalue weighted by molar-refractivity contribution is 5.21. The Bertz CT molecular complexity index is 165. The van der Waals surface area contributed by atoms with E-state index in [2.05, 4.69) is 6.92 Å². The summed E-state index contributed by atoms with van der Waals surface area (Å²) in [7, 11) is 0. The molecule has 0 aromatic heterocycles. The first-order valence-corrected chi connectivity index (χ1v) is 3.50. The Kier molecular flexibility index (Phi) is 2.43. The molecule has 0 radical (unpaired) electrons. The zero-order valence-corrected chi connectivity index (χ0v) is 6.10. The van der Waals surface area contributed by atoms with Crippen LogP contribution >= 0.6 is 0 Å². The van der Waals surface area contributed by atoms with Crippen molar-refractivity contribution in [3.05, 3.63) is 35.4 Å². The van der Waals surface area contributed by atoms with Crippen LogP contribution in [0.5, 0.6) is 0 Å². The van der Waals surface area contributed by atoms with Crippen LogP contribution in [0.3, 0.4) is 0 Å². The van der Waals surface area contributed by atoms with Gasteiger partial charge in [-0.2, -0.15) is 0 Å². The van der Waals surface area contributed by atoms with Crippen molar-refractivity contribution in [2.24, 2.45) is 0 Å². The smallest absolute Gasteiger partial charge is 0.115 e. The maximum Gasteiger partial charge on any atom is 0.115 e. The van der Waals surface area contributed by atoms with E-state index in [1.54, 1.807) is 0 Å². The summed E-state index contributed by atoms with van der Waals surface area (Å²) in [5.41, 5.74) is 2.02. The van der Waals surface area contributed by atoms with Crippen LogP contribution in [-0.2, 0) is 13.1 Å². The molecule has 1 aromatic rings. The van der Waals surface area contributed by atoms with E-state index >= 15 is 0 Å². The quantitative estimate of drug-likeness (QED) is 0.589. The normalized spacial score (nSPS) is 9.80.